The second kappa shape index (κ2) is 12.3. The summed E-state index contributed by atoms with van der Waals surface area (Å²) in [6.45, 7) is 23.2. The van der Waals surface area contributed by atoms with Crippen molar-refractivity contribution in [3.8, 4) is 33.4 Å². The van der Waals surface area contributed by atoms with Gasteiger partial charge in [-0.15, -0.1) is 0 Å². The zero-order chi connectivity index (χ0) is 40.5. The molecule has 2 nitrogen and oxygen atoms in total. The van der Waals surface area contributed by atoms with Crippen molar-refractivity contribution in [3.63, 3.8) is 0 Å². The third-order valence-corrected chi connectivity index (χ3v) is 13.4. The standard InChI is InChI=1S/C56H53NO/c1-53(2,3)36-18-15-34(16-19-36)35-17-28-51-46(29-35)45-27-23-40(33-52(45)58-51)57(38-21-25-43-41-13-11-12-14-47(41)55(7,8)49(43)31-38)39-22-26-44-42-24-20-37(54(4,5)6)30-48(42)56(9,10)50(44)32-39/h11-33H,1-10H3. The summed E-state index contributed by atoms with van der Waals surface area (Å²) in [7, 11) is 0. The molecule has 1 aromatic heterocycles. The molecule has 0 fully saturated rings. The van der Waals surface area contributed by atoms with Crippen LogP contribution >= 0.6 is 0 Å². The summed E-state index contributed by atoms with van der Waals surface area (Å²) in [4.78, 5) is 2.44. The predicted molar refractivity (Wildman–Crippen MR) is 246 cm³/mol. The van der Waals surface area contributed by atoms with Crippen LogP contribution in [0.15, 0.2) is 144 Å². The molecule has 0 saturated carbocycles. The highest BCUT2D eigenvalue weighted by molar-refractivity contribution is 6.07. The Labute approximate surface area is 344 Å². The van der Waals surface area contributed by atoms with Gasteiger partial charge in [0.25, 0.3) is 0 Å². The summed E-state index contributed by atoms with van der Waals surface area (Å²) in [5.41, 5.74) is 21.0. The van der Waals surface area contributed by atoms with E-state index in [1.807, 2.05) is 0 Å². The van der Waals surface area contributed by atoms with E-state index in [0.717, 1.165) is 39.0 Å². The maximum atomic E-state index is 6.68. The molecule has 1 heterocycles. The molecule has 2 aliphatic rings. The zero-order valence-corrected chi connectivity index (χ0v) is 35.6. The molecular formula is C56H53NO. The molecule has 0 bridgehead atoms. The fourth-order valence-corrected chi connectivity index (χ4v) is 9.86. The molecular weight excluding hydrogens is 703 g/mol. The topological polar surface area (TPSA) is 16.4 Å². The minimum atomic E-state index is -0.150. The summed E-state index contributed by atoms with van der Waals surface area (Å²) in [6.07, 6.45) is 0. The van der Waals surface area contributed by atoms with E-state index >= 15 is 0 Å². The number of fused-ring (bicyclic) bond motifs is 9. The molecule has 0 unspecified atom stereocenters. The van der Waals surface area contributed by atoms with Gasteiger partial charge in [-0.05, 0) is 126 Å². The molecule has 2 heteroatoms. The first-order valence-corrected chi connectivity index (χ1v) is 20.9. The van der Waals surface area contributed by atoms with Gasteiger partial charge >= 0.3 is 0 Å². The Morgan fingerprint density at radius 2 is 0.897 bits per heavy atom. The number of hydrogen-bond donors (Lipinski definition) is 0. The van der Waals surface area contributed by atoms with E-state index in [1.165, 1.54) is 66.8 Å². The molecule has 2 aliphatic carbocycles. The van der Waals surface area contributed by atoms with Crippen molar-refractivity contribution in [1.29, 1.82) is 0 Å². The SMILES string of the molecule is CC(C)(C)c1ccc(-c2ccc3oc4cc(N(c5ccc6c(c5)C(C)(C)c5ccccc5-6)c5ccc6c(c5)C(C)(C)c5cc(C(C)(C)C)ccc5-6)ccc4c3c2)cc1. The summed E-state index contributed by atoms with van der Waals surface area (Å²) in [5, 5.41) is 2.26. The van der Waals surface area contributed by atoms with Gasteiger partial charge in [-0.25, -0.2) is 0 Å². The lowest BCUT2D eigenvalue weighted by atomic mass is 9.79. The van der Waals surface area contributed by atoms with Crippen LogP contribution in [0.3, 0.4) is 0 Å². The molecule has 0 amide bonds. The average molecular weight is 756 g/mol. The average Bonchev–Trinajstić information content (AvgIpc) is 3.76. The van der Waals surface area contributed by atoms with Gasteiger partial charge in [-0.3, -0.25) is 0 Å². The molecule has 8 aromatic rings. The third-order valence-electron chi connectivity index (χ3n) is 13.4. The highest BCUT2D eigenvalue weighted by atomic mass is 16.3. The molecule has 0 N–H and O–H groups in total. The fraction of sp³-hybridized carbons (Fsp3) is 0.250. The Bertz CT molecular complexity index is 2960. The maximum Gasteiger partial charge on any atom is 0.137 e. The van der Waals surface area contributed by atoms with Crippen molar-refractivity contribution >= 4 is 39.0 Å². The lowest BCUT2D eigenvalue weighted by Crippen LogP contribution is -2.19. The van der Waals surface area contributed by atoms with Crippen molar-refractivity contribution in [1.82, 2.24) is 0 Å². The van der Waals surface area contributed by atoms with E-state index in [0.29, 0.717) is 0 Å². The van der Waals surface area contributed by atoms with Gasteiger partial charge in [0.15, 0.2) is 0 Å². The number of rotatable bonds is 4. The second-order valence-electron chi connectivity index (χ2n) is 19.9. The smallest absolute Gasteiger partial charge is 0.137 e. The largest absolute Gasteiger partial charge is 0.456 e. The monoisotopic (exact) mass is 755 g/mol. The van der Waals surface area contributed by atoms with Crippen molar-refractivity contribution in [2.24, 2.45) is 0 Å². The molecule has 7 aromatic carbocycles. The molecule has 58 heavy (non-hydrogen) atoms. The number of nitrogens with zero attached hydrogens (tertiary/aromatic N) is 1. The Hall–Kier alpha value is -5.86. The van der Waals surface area contributed by atoms with Crippen molar-refractivity contribution in [2.45, 2.75) is 90.9 Å². The second-order valence-corrected chi connectivity index (χ2v) is 19.9. The van der Waals surface area contributed by atoms with Gasteiger partial charge in [0, 0.05) is 44.7 Å². The molecule has 10 rings (SSSR count). The Balaban J connectivity index is 1.12. The van der Waals surface area contributed by atoms with Crippen LogP contribution in [0.1, 0.15) is 103 Å². The number of hydrogen-bond acceptors (Lipinski definition) is 2. The summed E-state index contributed by atoms with van der Waals surface area (Å²) in [5.74, 6) is 0. The number of anilines is 3. The lowest BCUT2D eigenvalue weighted by Gasteiger charge is -2.30. The van der Waals surface area contributed by atoms with E-state index < -0.39 is 0 Å². The number of furan rings is 1. The van der Waals surface area contributed by atoms with Crippen molar-refractivity contribution < 1.29 is 4.42 Å². The molecule has 288 valence electrons. The Morgan fingerprint density at radius 1 is 0.397 bits per heavy atom. The first-order valence-electron chi connectivity index (χ1n) is 20.9. The van der Waals surface area contributed by atoms with Crippen LogP contribution in [-0.2, 0) is 21.7 Å². The summed E-state index contributed by atoms with van der Waals surface area (Å²) < 4.78 is 6.68. The first-order chi connectivity index (χ1) is 27.5. The molecule has 0 atom stereocenters. The normalized spacial score (nSPS) is 15.0. The highest BCUT2D eigenvalue weighted by Gasteiger charge is 2.38. The van der Waals surface area contributed by atoms with Crippen LogP contribution in [0, 0.1) is 0 Å². The summed E-state index contributed by atoms with van der Waals surface area (Å²) in [6, 6.07) is 52.6. The van der Waals surface area contributed by atoms with Crippen molar-refractivity contribution in [2.75, 3.05) is 4.90 Å². The van der Waals surface area contributed by atoms with Crippen LogP contribution in [0.5, 0.6) is 0 Å². The van der Waals surface area contributed by atoms with Crippen LogP contribution in [0.25, 0.3) is 55.3 Å². The minimum Gasteiger partial charge on any atom is -0.456 e. The Kier molecular flexibility index (Phi) is 7.75. The predicted octanol–water partition coefficient (Wildman–Crippen LogP) is 15.9. The van der Waals surface area contributed by atoms with E-state index in [2.05, 4.69) is 214 Å². The van der Waals surface area contributed by atoms with Crippen LogP contribution in [0.2, 0.25) is 0 Å². The molecule has 0 aliphatic heterocycles. The van der Waals surface area contributed by atoms with E-state index in [4.69, 9.17) is 4.42 Å². The lowest BCUT2D eigenvalue weighted by molar-refractivity contribution is 0.584. The van der Waals surface area contributed by atoms with Gasteiger partial charge in [0.2, 0.25) is 0 Å². The van der Waals surface area contributed by atoms with Gasteiger partial charge in [-0.2, -0.15) is 0 Å². The first kappa shape index (κ1) is 36.5. The van der Waals surface area contributed by atoms with Crippen molar-refractivity contribution in [3.05, 3.63) is 173 Å². The highest BCUT2D eigenvalue weighted by Crippen LogP contribution is 2.54. The van der Waals surface area contributed by atoms with Crippen LogP contribution in [0.4, 0.5) is 17.1 Å². The molecule has 0 radical (unpaired) electrons. The van der Waals surface area contributed by atoms with Gasteiger partial charge in [0.05, 0.1) is 0 Å². The summed E-state index contributed by atoms with van der Waals surface area (Å²) >= 11 is 0. The van der Waals surface area contributed by atoms with E-state index in [9.17, 15) is 0 Å². The third kappa shape index (κ3) is 5.52. The van der Waals surface area contributed by atoms with Gasteiger partial charge in [-0.1, -0.05) is 154 Å². The van der Waals surface area contributed by atoms with Crippen LogP contribution in [-0.4, -0.2) is 0 Å². The van der Waals surface area contributed by atoms with E-state index in [-0.39, 0.29) is 21.7 Å². The van der Waals surface area contributed by atoms with E-state index in [1.54, 1.807) is 0 Å². The van der Waals surface area contributed by atoms with Gasteiger partial charge in [0.1, 0.15) is 11.2 Å². The molecule has 0 spiro atoms. The minimum absolute atomic E-state index is 0.0808. The zero-order valence-electron chi connectivity index (χ0n) is 35.6. The Morgan fingerprint density at radius 3 is 1.53 bits per heavy atom. The van der Waals surface area contributed by atoms with Gasteiger partial charge < -0.3 is 9.32 Å². The fourth-order valence-electron chi connectivity index (χ4n) is 9.86. The molecule has 0 saturated heterocycles. The maximum absolute atomic E-state index is 6.68. The number of benzene rings is 7. The van der Waals surface area contributed by atoms with Crippen LogP contribution < -0.4 is 4.90 Å². The quantitative estimate of drug-likeness (QED) is 0.178.